The van der Waals surface area contributed by atoms with Crippen LogP contribution in [0.5, 0.6) is 0 Å². The third kappa shape index (κ3) is 6.39. The Kier molecular flexibility index (Phi) is 6.53. The second-order valence-corrected chi connectivity index (χ2v) is 4.42. The van der Waals surface area contributed by atoms with E-state index < -0.39 is 42.3 Å². The van der Waals surface area contributed by atoms with Crippen LogP contribution < -0.4 is 10.6 Å². The van der Waals surface area contributed by atoms with Gasteiger partial charge in [-0.2, -0.15) is 0 Å². The van der Waals surface area contributed by atoms with Crippen molar-refractivity contribution in [3.63, 3.8) is 0 Å². The summed E-state index contributed by atoms with van der Waals surface area (Å²) in [4.78, 5) is 44.1. The summed E-state index contributed by atoms with van der Waals surface area (Å²) < 4.78 is 0. The van der Waals surface area contributed by atoms with E-state index in [2.05, 4.69) is 10.6 Å². The van der Waals surface area contributed by atoms with Crippen molar-refractivity contribution in [3.8, 4) is 0 Å². The van der Waals surface area contributed by atoms with Crippen molar-refractivity contribution in [1.82, 2.24) is 10.6 Å². The second-order valence-electron chi connectivity index (χ2n) is 4.42. The van der Waals surface area contributed by atoms with Gasteiger partial charge in [0.25, 0.3) is 0 Å². The van der Waals surface area contributed by atoms with Gasteiger partial charge in [-0.15, -0.1) is 0 Å². The number of carbonyl (C=O) groups is 4. The maximum absolute atomic E-state index is 11.8. The zero-order valence-corrected chi connectivity index (χ0v) is 11.0. The molecule has 0 aliphatic heterocycles. The SMILES string of the molecule is CC(=O)N[C@@H](C(=O)N[C@@H](CC(=O)O)C(=O)O)C(C)C. The van der Waals surface area contributed by atoms with Crippen LogP contribution >= 0.6 is 0 Å². The van der Waals surface area contributed by atoms with Crippen LogP contribution in [0.15, 0.2) is 0 Å². The van der Waals surface area contributed by atoms with Gasteiger partial charge in [0, 0.05) is 6.92 Å². The van der Waals surface area contributed by atoms with E-state index in [1.54, 1.807) is 13.8 Å². The van der Waals surface area contributed by atoms with E-state index in [1.807, 2.05) is 0 Å². The van der Waals surface area contributed by atoms with Crippen LogP contribution in [-0.2, 0) is 19.2 Å². The number of aliphatic carboxylic acids is 2. The molecule has 4 N–H and O–H groups in total. The molecule has 0 aromatic carbocycles. The van der Waals surface area contributed by atoms with Gasteiger partial charge >= 0.3 is 11.9 Å². The summed E-state index contributed by atoms with van der Waals surface area (Å²) in [5.41, 5.74) is 0. The molecule has 0 radical (unpaired) electrons. The first kappa shape index (κ1) is 16.9. The summed E-state index contributed by atoms with van der Waals surface area (Å²) >= 11 is 0. The summed E-state index contributed by atoms with van der Waals surface area (Å²) in [7, 11) is 0. The molecule has 8 nitrogen and oxygen atoms in total. The fourth-order valence-electron chi connectivity index (χ4n) is 1.39. The van der Waals surface area contributed by atoms with Crippen molar-refractivity contribution in [3.05, 3.63) is 0 Å². The van der Waals surface area contributed by atoms with E-state index in [4.69, 9.17) is 10.2 Å². The molecule has 2 atom stereocenters. The van der Waals surface area contributed by atoms with Gasteiger partial charge in [-0.05, 0) is 5.92 Å². The van der Waals surface area contributed by atoms with Gasteiger partial charge in [0.05, 0.1) is 6.42 Å². The lowest BCUT2D eigenvalue weighted by Gasteiger charge is -2.22. The highest BCUT2D eigenvalue weighted by Gasteiger charge is 2.29. The summed E-state index contributed by atoms with van der Waals surface area (Å²) in [5, 5.41) is 21.8. The average molecular weight is 274 g/mol. The normalized spacial score (nSPS) is 13.5. The molecular formula is C11H18N2O6. The second kappa shape index (κ2) is 7.34. The Balaban J connectivity index is 4.80. The molecular weight excluding hydrogens is 256 g/mol. The van der Waals surface area contributed by atoms with Crippen LogP contribution in [-0.4, -0.2) is 46.0 Å². The third-order valence-electron chi connectivity index (χ3n) is 2.30. The molecule has 108 valence electrons. The standard InChI is InChI=1S/C11H18N2O6/c1-5(2)9(12-6(3)14)10(17)13-7(11(18)19)4-8(15)16/h5,7,9H,4H2,1-3H3,(H,12,14)(H,13,17)(H,15,16)(H,18,19)/t7-,9+/m0/s1. The van der Waals surface area contributed by atoms with Crippen LogP contribution in [0.3, 0.4) is 0 Å². The lowest BCUT2D eigenvalue weighted by molar-refractivity contribution is -0.147. The van der Waals surface area contributed by atoms with Crippen molar-refractivity contribution in [2.45, 2.75) is 39.3 Å². The van der Waals surface area contributed by atoms with E-state index in [1.165, 1.54) is 6.92 Å². The fourth-order valence-corrected chi connectivity index (χ4v) is 1.39. The number of hydrogen-bond acceptors (Lipinski definition) is 4. The number of carboxylic acid groups (broad SMARTS) is 2. The molecule has 0 rings (SSSR count). The molecule has 0 saturated carbocycles. The van der Waals surface area contributed by atoms with E-state index in [9.17, 15) is 19.2 Å². The van der Waals surface area contributed by atoms with E-state index in [0.29, 0.717) is 0 Å². The molecule has 0 unspecified atom stereocenters. The summed E-state index contributed by atoms with van der Waals surface area (Å²) in [6.45, 7) is 4.58. The largest absolute Gasteiger partial charge is 0.481 e. The van der Waals surface area contributed by atoms with Crippen molar-refractivity contribution in [1.29, 1.82) is 0 Å². The van der Waals surface area contributed by atoms with Gasteiger partial charge in [0.2, 0.25) is 11.8 Å². The molecule has 0 aliphatic carbocycles. The van der Waals surface area contributed by atoms with Gasteiger partial charge < -0.3 is 20.8 Å². The number of rotatable bonds is 7. The maximum atomic E-state index is 11.8. The Bertz CT molecular complexity index is 379. The zero-order chi connectivity index (χ0) is 15.2. The van der Waals surface area contributed by atoms with Gasteiger partial charge in [-0.3, -0.25) is 14.4 Å². The molecule has 0 fully saturated rings. The van der Waals surface area contributed by atoms with Gasteiger partial charge in [0.1, 0.15) is 12.1 Å². The van der Waals surface area contributed by atoms with Gasteiger partial charge in [0.15, 0.2) is 0 Å². The average Bonchev–Trinajstić information content (AvgIpc) is 2.23. The predicted molar refractivity (Wildman–Crippen MR) is 64.3 cm³/mol. The molecule has 0 bridgehead atoms. The van der Waals surface area contributed by atoms with Crippen LogP contribution in [0.4, 0.5) is 0 Å². The zero-order valence-electron chi connectivity index (χ0n) is 11.0. The molecule has 0 saturated heterocycles. The Morgan fingerprint density at radius 1 is 1.05 bits per heavy atom. The molecule has 8 heteroatoms. The quantitative estimate of drug-likeness (QED) is 0.480. The smallest absolute Gasteiger partial charge is 0.326 e. The molecule has 0 spiro atoms. The summed E-state index contributed by atoms with van der Waals surface area (Å²) in [6.07, 6.45) is -0.730. The first-order valence-electron chi connectivity index (χ1n) is 5.67. The monoisotopic (exact) mass is 274 g/mol. The fraction of sp³-hybridized carbons (Fsp3) is 0.636. The lowest BCUT2D eigenvalue weighted by atomic mass is 10.0. The third-order valence-corrected chi connectivity index (χ3v) is 2.30. The van der Waals surface area contributed by atoms with Crippen molar-refractivity contribution >= 4 is 23.8 Å². The van der Waals surface area contributed by atoms with E-state index in [0.717, 1.165) is 0 Å². The molecule has 0 aromatic rings. The minimum Gasteiger partial charge on any atom is -0.481 e. The van der Waals surface area contributed by atoms with Crippen molar-refractivity contribution < 1.29 is 29.4 Å². The molecule has 2 amide bonds. The van der Waals surface area contributed by atoms with E-state index in [-0.39, 0.29) is 5.92 Å². The van der Waals surface area contributed by atoms with Crippen molar-refractivity contribution in [2.24, 2.45) is 5.92 Å². The minimum absolute atomic E-state index is 0.261. The Hall–Kier alpha value is -2.12. The Morgan fingerprint density at radius 3 is 1.89 bits per heavy atom. The highest BCUT2D eigenvalue weighted by molar-refractivity contribution is 5.91. The number of carboxylic acids is 2. The molecule has 0 aliphatic rings. The van der Waals surface area contributed by atoms with E-state index >= 15 is 0 Å². The van der Waals surface area contributed by atoms with Gasteiger partial charge in [-0.1, -0.05) is 13.8 Å². The van der Waals surface area contributed by atoms with Crippen LogP contribution in [0.25, 0.3) is 0 Å². The Labute approximate surface area is 110 Å². The first-order valence-corrected chi connectivity index (χ1v) is 5.67. The number of nitrogens with one attached hydrogen (secondary N) is 2. The maximum Gasteiger partial charge on any atom is 0.326 e. The van der Waals surface area contributed by atoms with Crippen molar-refractivity contribution in [2.75, 3.05) is 0 Å². The van der Waals surface area contributed by atoms with Crippen LogP contribution in [0.2, 0.25) is 0 Å². The topological polar surface area (TPSA) is 133 Å². The lowest BCUT2D eigenvalue weighted by Crippen LogP contribution is -2.53. The highest BCUT2D eigenvalue weighted by Crippen LogP contribution is 2.03. The highest BCUT2D eigenvalue weighted by atomic mass is 16.4. The summed E-state index contributed by atoms with van der Waals surface area (Å²) in [5.74, 6) is -4.20. The van der Waals surface area contributed by atoms with Crippen LogP contribution in [0.1, 0.15) is 27.2 Å². The first-order chi connectivity index (χ1) is 8.65. The Morgan fingerprint density at radius 2 is 1.58 bits per heavy atom. The van der Waals surface area contributed by atoms with Crippen LogP contribution in [0, 0.1) is 5.92 Å². The molecule has 0 aromatic heterocycles. The molecule has 19 heavy (non-hydrogen) atoms. The minimum atomic E-state index is -1.53. The summed E-state index contributed by atoms with van der Waals surface area (Å²) in [6, 6.07) is -2.44. The van der Waals surface area contributed by atoms with Gasteiger partial charge in [-0.25, -0.2) is 4.79 Å². The number of amides is 2. The predicted octanol–water partition coefficient (Wildman–Crippen LogP) is -0.809. The number of carbonyl (C=O) groups excluding carboxylic acids is 2. The molecule has 0 heterocycles. The number of hydrogen-bond donors (Lipinski definition) is 4.